The third-order valence-corrected chi connectivity index (χ3v) is 2.73. The van der Waals surface area contributed by atoms with Crippen LogP contribution in [-0.2, 0) is 13.1 Å². The minimum atomic E-state index is 1.03. The fraction of sp³-hybridized carbons (Fsp3) is 0.167. The Labute approximate surface area is 83.1 Å². The van der Waals surface area contributed by atoms with Crippen LogP contribution in [0.5, 0.6) is 0 Å². The highest BCUT2D eigenvalue weighted by atomic mass is 15.0. The Bertz CT molecular complexity index is 397. The van der Waals surface area contributed by atoms with Gasteiger partial charge in [-0.2, -0.15) is 9.13 Å². The zero-order valence-electron chi connectivity index (χ0n) is 7.93. The normalized spacial score (nSPS) is 13.1. The van der Waals surface area contributed by atoms with Crippen molar-refractivity contribution in [1.82, 2.24) is 0 Å². The summed E-state index contributed by atoms with van der Waals surface area (Å²) in [5, 5.41) is 0. The van der Waals surface area contributed by atoms with E-state index in [2.05, 4.69) is 58.2 Å². The van der Waals surface area contributed by atoms with E-state index in [4.69, 9.17) is 0 Å². The van der Waals surface area contributed by atoms with Gasteiger partial charge in [-0.25, -0.2) is 0 Å². The molecule has 4 aliphatic rings. The summed E-state index contributed by atoms with van der Waals surface area (Å²) in [5.41, 5.74) is 2.57. The third-order valence-electron chi connectivity index (χ3n) is 2.73. The van der Waals surface area contributed by atoms with Crippen LogP contribution in [0.15, 0.2) is 49.1 Å². The largest absolute Gasteiger partial charge is 0.206 e. The minimum Gasteiger partial charge on any atom is -0.198 e. The number of hydrogen-bond acceptors (Lipinski definition) is 0. The fourth-order valence-electron chi connectivity index (χ4n) is 1.83. The van der Waals surface area contributed by atoms with Crippen molar-refractivity contribution in [3.05, 3.63) is 49.1 Å². The Morgan fingerprint density at radius 3 is 1.36 bits per heavy atom. The van der Waals surface area contributed by atoms with E-state index >= 15 is 0 Å². The van der Waals surface area contributed by atoms with E-state index in [1.54, 1.807) is 0 Å². The van der Waals surface area contributed by atoms with Crippen LogP contribution in [0.25, 0.3) is 11.1 Å². The highest BCUT2D eigenvalue weighted by Gasteiger charge is 2.10. The Morgan fingerprint density at radius 2 is 1.00 bits per heavy atom. The molecule has 68 valence electrons. The first-order chi connectivity index (χ1) is 6.92. The molecule has 0 amide bonds. The van der Waals surface area contributed by atoms with Crippen LogP contribution >= 0.6 is 0 Å². The molecule has 0 radical (unpaired) electrons. The molecule has 0 N–H and O–H groups in total. The number of aryl methyl sites for hydroxylation is 2. The molecular formula is C12H12N2+2. The molecule has 2 heteroatoms. The summed E-state index contributed by atoms with van der Waals surface area (Å²) >= 11 is 0. The maximum Gasteiger partial charge on any atom is 0.206 e. The van der Waals surface area contributed by atoms with Crippen LogP contribution in [0.3, 0.4) is 0 Å². The first-order valence-corrected chi connectivity index (χ1v) is 4.90. The van der Waals surface area contributed by atoms with Crippen molar-refractivity contribution in [1.29, 1.82) is 0 Å². The van der Waals surface area contributed by atoms with Gasteiger partial charge in [0.15, 0.2) is 24.8 Å². The van der Waals surface area contributed by atoms with Crippen LogP contribution in [-0.4, -0.2) is 0 Å². The van der Waals surface area contributed by atoms with Crippen LogP contribution < -0.4 is 9.13 Å². The molecule has 0 spiro atoms. The van der Waals surface area contributed by atoms with Crippen LogP contribution in [0.4, 0.5) is 0 Å². The lowest BCUT2D eigenvalue weighted by atomic mass is 10.1. The van der Waals surface area contributed by atoms with Crippen molar-refractivity contribution < 1.29 is 9.13 Å². The first-order valence-electron chi connectivity index (χ1n) is 4.90. The van der Waals surface area contributed by atoms with Crippen LogP contribution in [0, 0.1) is 0 Å². The first kappa shape index (κ1) is 7.68. The molecule has 0 saturated carbocycles. The van der Waals surface area contributed by atoms with Gasteiger partial charge in [0.25, 0.3) is 0 Å². The van der Waals surface area contributed by atoms with Gasteiger partial charge in [-0.15, -0.1) is 0 Å². The van der Waals surface area contributed by atoms with Gasteiger partial charge < -0.3 is 0 Å². The summed E-state index contributed by atoms with van der Waals surface area (Å²) in [7, 11) is 0. The number of aromatic nitrogens is 2. The fourth-order valence-corrected chi connectivity index (χ4v) is 1.83. The molecule has 0 aliphatic carbocycles. The standard InChI is InChI=1S/C12H12N2/c1-5-13-6-2-11(1)12-3-7-14(8-4-12)10-9-13/h1-8H,9-10H2/q+2. The molecule has 0 aromatic carbocycles. The van der Waals surface area contributed by atoms with Crippen molar-refractivity contribution in [2.24, 2.45) is 0 Å². The van der Waals surface area contributed by atoms with E-state index in [1.165, 1.54) is 11.1 Å². The number of hydrogen-bond donors (Lipinski definition) is 0. The molecule has 2 aromatic rings. The Kier molecular flexibility index (Phi) is 1.60. The maximum absolute atomic E-state index is 2.21. The van der Waals surface area contributed by atoms with Crippen LogP contribution in [0.2, 0.25) is 0 Å². The van der Waals surface area contributed by atoms with Crippen molar-refractivity contribution in [2.45, 2.75) is 13.1 Å². The highest BCUT2D eigenvalue weighted by Crippen LogP contribution is 2.15. The topological polar surface area (TPSA) is 7.76 Å². The van der Waals surface area contributed by atoms with Crippen molar-refractivity contribution >= 4 is 0 Å². The van der Waals surface area contributed by atoms with E-state index in [1.807, 2.05) is 0 Å². The van der Waals surface area contributed by atoms with Crippen molar-refractivity contribution in [3.8, 4) is 11.1 Å². The molecule has 4 aliphatic heterocycles. The Hall–Kier alpha value is -1.70. The average Bonchev–Trinajstić information content (AvgIpc) is 2.30. The van der Waals surface area contributed by atoms with E-state index in [0.29, 0.717) is 0 Å². The quantitative estimate of drug-likeness (QED) is 0.538. The Balaban J connectivity index is 2.26. The van der Waals surface area contributed by atoms with Crippen molar-refractivity contribution in [2.75, 3.05) is 0 Å². The molecule has 14 heavy (non-hydrogen) atoms. The number of pyridine rings is 2. The van der Waals surface area contributed by atoms with Gasteiger partial charge in [0, 0.05) is 24.3 Å². The molecule has 2 nitrogen and oxygen atoms in total. The van der Waals surface area contributed by atoms with E-state index in [0.717, 1.165) is 13.1 Å². The average molecular weight is 184 g/mol. The van der Waals surface area contributed by atoms with Crippen LogP contribution in [0.1, 0.15) is 0 Å². The molecule has 4 bridgehead atoms. The zero-order chi connectivity index (χ0) is 9.38. The molecule has 2 aromatic heterocycles. The molecule has 0 fully saturated rings. The van der Waals surface area contributed by atoms with Gasteiger partial charge >= 0.3 is 0 Å². The summed E-state index contributed by atoms with van der Waals surface area (Å²) in [6.45, 7) is 2.06. The minimum absolute atomic E-state index is 1.03. The van der Waals surface area contributed by atoms with Gasteiger partial charge in [0.05, 0.1) is 0 Å². The predicted octanol–water partition coefficient (Wildman–Crippen LogP) is 0.942. The molecule has 0 saturated heterocycles. The summed E-state index contributed by atoms with van der Waals surface area (Å²) in [5.74, 6) is 0. The van der Waals surface area contributed by atoms with E-state index in [9.17, 15) is 0 Å². The number of nitrogens with zero attached hydrogens (tertiary/aromatic N) is 2. The third kappa shape index (κ3) is 1.20. The molecule has 6 heterocycles. The second-order valence-electron chi connectivity index (χ2n) is 3.65. The monoisotopic (exact) mass is 184 g/mol. The highest BCUT2D eigenvalue weighted by molar-refractivity contribution is 5.60. The van der Waals surface area contributed by atoms with Gasteiger partial charge in [-0.05, 0) is 11.1 Å². The second kappa shape index (κ2) is 2.91. The summed E-state index contributed by atoms with van der Waals surface area (Å²) < 4.78 is 4.43. The SMILES string of the molecule is c1c[n+]2ccc1-c1cc[n+](cc1)CC2. The van der Waals surface area contributed by atoms with Gasteiger partial charge in [0.2, 0.25) is 13.1 Å². The van der Waals surface area contributed by atoms with Gasteiger partial charge in [0.1, 0.15) is 0 Å². The smallest absolute Gasteiger partial charge is 0.198 e. The van der Waals surface area contributed by atoms with Crippen molar-refractivity contribution in [3.63, 3.8) is 0 Å². The lowest BCUT2D eigenvalue weighted by molar-refractivity contribution is -0.778. The molecule has 0 atom stereocenters. The zero-order valence-corrected chi connectivity index (χ0v) is 7.93. The molecule has 6 rings (SSSR count). The van der Waals surface area contributed by atoms with Gasteiger partial charge in [-0.1, -0.05) is 0 Å². The summed E-state index contributed by atoms with van der Waals surface area (Å²) in [4.78, 5) is 0. The predicted molar refractivity (Wildman–Crippen MR) is 52.3 cm³/mol. The molecule has 0 unspecified atom stereocenters. The molecular weight excluding hydrogens is 172 g/mol. The number of rotatable bonds is 0. The Morgan fingerprint density at radius 1 is 0.643 bits per heavy atom. The summed E-state index contributed by atoms with van der Waals surface area (Å²) in [6.07, 6.45) is 8.58. The van der Waals surface area contributed by atoms with E-state index < -0.39 is 0 Å². The second-order valence-corrected chi connectivity index (χ2v) is 3.65. The van der Waals surface area contributed by atoms with E-state index in [-0.39, 0.29) is 0 Å². The summed E-state index contributed by atoms with van der Waals surface area (Å²) in [6, 6.07) is 8.69. The lowest BCUT2D eigenvalue weighted by Gasteiger charge is -2.03. The van der Waals surface area contributed by atoms with Gasteiger partial charge in [-0.3, -0.25) is 0 Å². The lowest BCUT2D eigenvalue weighted by Crippen LogP contribution is -2.44. The maximum atomic E-state index is 2.21.